The van der Waals surface area contributed by atoms with E-state index in [9.17, 15) is 9.59 Å². The Labute approximate surface area is 105 Å². The molecule has 1 amide bonds. The number of aromatic nitrogens is 2. The molecule has 0 bridgehead atoms. The van der Waals surface area contributed by atoms with Gasteiger partial charge in [-0.1, -0.05) is 4.68 Å². The average Bonchev–Trinajstić information content (AvgIpc) is 2.36. The Morgan fingerprint density at radius 1 is 1.61 bits per heavy atom. The average molecular weight is 253 g/mol. The Morgan fingerprint density at radius 3 is 2.83 bits per heavy atom. The minimum absolute atomic E-state index is 0.181. The van der Waals surface area contributed by atoms with E-state index in [0.717, 1.165) is 0 Å². The van der Waals surface area contributed by atoms with E-state index in [1.54, 1.807) is 16.9 Å². The fraction of sp³-hybridized carbons (Fsp3) is 0.455. The number of amides is 1. The van der Waals surface area contributed by atoms with Crippen LogP contribution >= 0.6 is 0 Å². The van der Waals surface area contributed by atoms with Gasteiger partial charge in [-0.05, 0) is 12.0 Å². The molecule has 0 saturated heterocycles. The molecule has 0 aliphatic heterocycles. The summed E-state index contributed by atoms with van der Waals surface area (Å²) >= 11 is 0. The van der Waals surface area contributed by atoms with Crippen LogP contribution in [0.15, 0.2) is 18.5 Å². The van der Waals surface area contributed by atoms with Crippen LogP contribution < -0.4 is 15.7 Å². The topological polar surface area (TPSA) is 109 Å². The highest BCUT2D eigenvalue weighted by Gasteiger charge is 2.15. The van der Waals surface area contributed by atoms with Crippen LogP contribution in [-0.2, 0) is 11.3 Å². The fourth-order valence-corrected chi connectivity index (χ4v) is 1.31. The molecular weight excluding hydrogens is 236 g/mol. The third-order valence-electron chi connectivity index (χ3n) is 2.36. The second-order valence-corrected chi connectivity index (χ2v) is 3.77. The van der Waals surface area contributed by atoms with E-state index < -0.39 is 12.0 Å². The summed E-state index contributed by atoms with van der Waals surface area (Å²) in [4.78, 5) is 22.0. The van der Waals surface area contributed by atoms with E-state index >= 15 is 0 Å². The van der Waals surface area contributed by atoms with E-state index in [0.29, 0.717) is 18.7 Å². The maximum atomic E-state index is 11.5. The smallest absolute Gasteiger partial charge is 0.320 e. The Morgan fingerprint density at radius 2 is 2.33 bits per heavy atom. The van der Waals surface area contributed by atoms with Crippen molar-refractivity contribution in [3.63, 3.8) is 0 Å². The molecule has 4 N–H and O–H groups in total. The predicted molar refractivity (Wildman–Crippen MR) is 62.7 cm³/mol. The minimum atomic E-state index is -1.03. The maximum Gasteiger partial charge on any atom is 0.320 e. The van der Waals surface area contributed by atoms with Gasteiger partial charge in [0.1, 0.15) is 12.2 Å². The number of carboxylic acids is 1. The molecule has 1 rings (SSSR count). The van der Waals surface area contributed by atoms with Crippen LogP contribution in [0.4, 0.5) is 0 Å². The summed E-state index contributed by atoms with van der Waals surface area (Å²) in [5.41, 5.74) is 5.85. The number of nitrogens with zero attached hydrogens (tertiary/aromatic N) is 2. The zero-order chi connectivity index (χ0) is 13.5. The van der Waals surface area contributed by atoms with Crippen LogP contribution in [0.25, 0.3) is 0 Å². The van der Waals surface area contributed by atoms with Crippen molar-refractivity contribution in [3.8, 4) is 0 Å². The third-order valence-corrected chi connectivity index (χ3v) is 2.36. The summed E-state index contributed by atoms with van der Waals surface area (Å²) in [5.74, 6) is -1.21. The lowest BCUT2D eigenvalue weighted by atomic mass is 10.2. The van der Waals surface area contributed by atoms with Crippen molar-refractivity contribution in [3.05, 3.63) is 24.0 Å². The van der Waals surface area contributed by atoms with Gasteiger partial charge in [0, 0.05) is 19.0 Å². The van der Waals surface area contributed by atoms with Crippen LogP contribution in [-0.4, -0.2) is 34.7 Å². The number of nitrogens with two attached hydrogens (primary N) is 1. The van der Waals surface area contributed by atoms with Gasteiger partial charge in [-0.25, -0.2) is 0 Å². The molecule has 18 heavy (non-hydrogen) atoms. The molecule has 0 spiro atoms. The molecule has 0 radical (unpaired) electrons. The highest BCUT2D eigenvalue weighted by atomic mass is 16.4. The SMILES string of the molecule is CCNC(=O)c1cc[n+](CC[C@H](N)C(=O)O)nc1. The molecule has 0 aliphatic rings. The summed E-state index contributed by atoms with van der Waals surface area (Å²) in [7, 11) is 0. The van der Waals surface area contributed by atoms with E-state index in [1.165, 1.54) is 6.20 Å². The van der Waals surface area contributed by atoms with E-state index in [2.05, 4.69) is 10.4 Å². The van der Waals surface area contributed by atoms with Crippen molar-refractivity contribution in [1.82, 2.24) is 10.4 Å². The van der Waals surface area contributed by atoms with Crippen molar-refractivity contribution in [1.29, 1.82) is 0 Å². The van der Waals surface area contributed by atoms with Gasteiger partial charge in [0.15, 0.2) is 12.7 Å². The normalized spacial score (nSPS) is 11.9. The van der Waals surface area contributed by atoms with Crippen molar-refractivity contribution in [2.24, 2.45) is 5.73 Å². The summed E-state index contributed by atoms with van der Waals surface area (Å²) in [6.45, 7) is 2.78. The van der Waals surface area contributed by atoms with Crippen molar-refractivity contribution in [2.75, 3.05) is 6.54 Å². The molecule has 7 heteroatoms. The fourth-order valence-electron chi connectivity index (χ4n) is 1.31. The molecule has 1 heterocycles. The van der Waals surface area contributed by atoms with Gasteiger partial charge in [-0.3, -0.25) is 9.59 Å². The van der Waals surface area contributed by atoms with Crippen LogP contribution in [0, 0.1) is 0 Å². The lowest BCUT2D eigenvalue weighted by molar-refractivity contribution is -0.754. The van der Waals surface area contributed by atoms with Crippen LogP contribution in [0.1, 0.15) is 23.7 Å². The van der Waals surface area contributed by atoms with E-state index in [4.69, 9.17) is 10.8 Å². The standard InChI is InChI=1S/C11H16N4O3/c1-2-13-10(16)8-3-5-15(14-7-8)6-4-9(12)11(17)18/h3,5,7,9H,2,4,6,12H2,1H3,(H-,13,16,17,18)/p+1/t9-/m0/s1. The second kappa shape index (κ2) is 6.65. The Kier molecular flexibility index (Phi) is 5.19. The largest absolute Gasteiger partial charge is 0.480 e. The first kappa shape index (κ1) is 14.0. The molecule has 1 aromatic rings. The number of carbonyl (C=O) groups is 2. The number of hydrogen-bond acceptors (Lipinski definition) is 4. The highest BCUT2D eigenvalue weighted by Crippen LogP contribution is 1.93. The molecule has 1 atom stereocenters. The number of nitrogens with one attached hydrogen (secondary N) is 1. The van der Waals surface area contributed by atoms with Gasteiger partial charge in [0.05, 0.1) is 5.56 Å². The molecule has 1 aromatic heterocycles. The van der Waals surface area contributed by atoms with Crippen LogP contribution in [0.2, 0.25) is 0 Å². The Bertz CT molecular complexity index is 419. The van der Waals surface area contributed by atoms with Crippen molar-refractivity contribution in [2.45, 2.75) is 25.9 Å². The maximum absolute atomic E-state index is 11.5. The van der Waals surface area contributed by atoms with E-state index in [1.807, 2.05) is 6.92 Å². The van der Waals surface area contributed by atoms with E-state index in [-0.39, 0.29) is 12.3 Å². The first-order valence-corrected chi connectivity index (χ1v) is 5.67. The number of aryl methyl sites for hydroxylation is 1. The van der Waals surface area contributed by atoms with Crippen molar-refractivity contribution >= 4 is 11.9 Å². The minimum Gasteiger partial charge on any atom is -0.480 e. The number of carboxylic acid groups (broad SMARTS) is 1. The lowest BCUT2D eigenvalue weighted by Crippen LogP contribution is -2.42. The zero-order valence-corrected chi connectivity index (χ0v) is 10.2. The third kappa shape index (κ3) is 4.10. The van der Waals surface area contributed by atoms with Gasteiger partial charge in [0.25, 0.3) is 5.91 Å². The summed E-state index contributed by atoms with van der Waals surface area (Å²) < 4.78 is 1.55. The van der Waals surface area contributed by atoms with Crippen molar-refractivity contribution < 1.29 is 19.4 Å². The molecule has 0 fully saturated rings. The molecular formula is C11H17N4O3+. The lowest BCUT2D eigenvalue weighted by Gasteiger charge is -2.02. The van der Waals surface area contributed by atoms with Gasteiger partial charge in [0.2, 0.25) is 0 Å². The molecule has 0 saturated carbocycles. The zero-order valence-electron chi connectivity index (χ0n) is 10.2. The van der Waals surface area contributed by atoms with Gasteiger partial charge in [-0.2, -0.15) is 0 Å². The number of aliphatic carboxylic acids is 1. The Balaban J connectivity index is 2.55. The molecule has 0 aromatic carbocycles. The van der Waals surface area contributed by atoms with Gasteiger partial charge in [-0.15, -0.1) is 0 Å². The predicted octanol–water partition coefficient (Wildman–Crippen LogP) is -1.08. The summed E-state index contributed by atoms with van der Waals surface area (Å²) in [6.07, 6.45) is 3.35. The summed E-state index contributed by atoms with van der Waals surface area (Å²) in [6, 6.07) is 0.729. The highest BCUT2D eigenvalue weighted by molar-refractivity contribution is 5.93. The van der Waals surface area contributed by atoms with Gasteiger partial charge < -0.3 is 16.2 Å². The molecule has 7 nitrogen and oxygen atoms in total. The summed E-state index contributed by atoms with van der Waals surface area (Å²) in [5, 5.41) is 15.3. The number of rotatable bonds is 6. The number of carbonyl (C=O) groups excluding carboxylic acids is 1. The first-order chi connectivity index (χ1) is 8.54. The van der Waals surface area contributed by atoms with Crippen LogP contribution in [0.3, 0.4) is 0 Å². The quantitative estimate of drug-likeness (QED) is 0.559. The molecule has 0 aliphatic carbocycles. The Hall–Kier alpha value is -2.02. The monoisotopic (exact) mass is 253 g/mol. The van der Waals surface area contributed by atoms with Gasteiger partial charge >= 0.3 is 5.97 Å². The number of hydrogen-bond donors (Lipinski definition) is 3. The molecule has 98 valence electrons. The second-order valence-electron chi connectivity index (χ2n) is 3.77. The first-order valence-electron chi connectivity index (χ1n) is 5.67. The molecule has 0 unspecified atom stereocenters. The van der Waals surface area contributed by atoms with Crippen LogP contribution in [0.5, 0.6) is 0 Å².